The molecule has 1 aromatic carbocycles. The molecule has 34 heavy (non-hydrogen) atoms. The van der Waals surface area contributed by atoms with Crippen LogP contribution in [0.15, 0.2) is 30.3 Å². The second-order valence-electron chi connectivity index (χ2n) is 10.9. The van der Waals surface area contributed by atoms with Gasteiger partial charge in [-0.1, -0.05) is 18.2 Å². The molecule has 1 aromatic rings. The van der Waals surface area contributed by atoms with Crippen LogP contribution in [-0.2, 0) is 23.9 Å². The van der Waals surface area contributed by atoms with Crippen LogP contribution in [0.1, 0.15) is 55.4 Å². The van der Waals surface area contributed by atoms with E-state index in [1.807, 2.05) is 18.2 Å². The molecule has 0 unspecified atom stereocenters. The van der Waals surface area contributed by atoms with Gasteiger partial charge in [0.25, 0.3) is 5.91 Å². The van der Waals surface area contributed by atoms with Crippen LogP contribution in [0.2, 0.25) is 0 Å². The number of hydrogen-bond donors (Lipinski definition) is 3. The number of likely N-dealkylation sites (N-methyl/N-ethyl adjacent to an activating group) is 1. The van der Waals surface area contributed by atoms with Gasteiger partial charge in [0.1, 0.15) is 17.7 Å². The number of esters is 1. The summed E-state index contributed by atoms with van der Waals surface area (Å²) in [6.07, 6.45) is 0. The van der Waals surface area contributed by atoms with Gasteiger partial charge >= 0.3 is 5.97 Å². The second kappa shape index (κ2) is 10.5. The molecule has 9 heteroatoms. The van der Waals surface area contributed by atoms with Gasteiger partial charge in [-0.3, -0.25) is 14.4 Å². The number of nitrogens with zero attached hydrogens (tertiary/aromatic N) is 1. The third-order valence-corrected chi connectivity index (χ3v) is 5.53. The number of amides is 3. The minimum Gasteiger partial charge on any atom is -0.463 e. The summed E-state index contributed by atoms with van der Waals surface area (Å²) < 4.78 is 5.36. The van der Waals surface area contributed by atoms with Crippen molar-refractivity contribution in [1.82, 2.24) is 10.6 Å². The Labute approximate surface area is 202 Å². The average Bonchev–Trinajstić information content (AvgIpc) is 2.76. The molecule has 0 radical (unpaired) electrons. The monoisotopic (exact) mass is 477 g/mol. The molecule has 0 aliphatic rings. The predicted molar refractivity (Wildman–Crippen MR) is 130 cm³/mol. The first-order valence-electron chi connectivity index (χ1n) is 11.1. The fraction of sp³-hybridized carbons (Fsp3) is 0.600. The van der Waals surface area contributed by atoms with Crippen LogP contribution in [0.25, 0.3) is 0 Å². The second-order valence-corrected chi connectivity index (χ2v) is 10.9. The molecular weight excluding hydrogens is 438 g/mol. The van der Waals surface area contributed by atoms with Crippen LogP contribution in [0, 0.1) is 10.8 Å². The number of carbonyl (C=O) groups excluding carboxylic acids is 4. The fourth-order valence-electron chi connectivity index (χ4n) is 2.76. The van der Waals surface area contributed by atoms with Gasteiger partial charge in [-0.05, 0) is 67.5 Å². The topological polar surface area (TPSA) is 125 Å². The van der Waals surface area contributed by atoms with Gasteiger partial charge in [-0.15, -0.1) is 0 Å². The van der Waals surface area contributed by atoms with Crippen LogP contribution >= 0.6 is 0 Å². The van der Waals surface area contributed by atoms with Crippen molar-refractivity contribution in [2.45, 2.75) is 66.5 Å². The van der Waals surface area contributed by atoms with Crippen molar-refractivity contribution in [1.29, 1.82) is 0 Å². The van der Waals surface area contributed by atoms with Gasteiger partial charge < -0.3 is 25.4 Å². The average molecular weight is 478 g/mol. The lowest BCUT2D eigenvalue weighted by atomic mass is 9.90. The van der Waals surface area contributed by atoms with Gasteiger partial charge in [0.2, 0.25) is 11.8 Å². The molecule has 1 rings (SSSR count). The summed E-state index contributed by atoms with van der Waals surface area (Å²) in [5.74, 6) is -2.01. The zero-order valence-corrected chi connectivity index (χ0v) is 21.7. The van der Waals surface area contributed by atoms with Crippen molar-refractivity contribution >= 4 is 29.4 Å². The highest BCUT2D eigenvalue weighted by Crippen LogP contribution is 2.22. The number of anilines is 1. The number of aliphatic hydroxyl groups excluding tert-OH is 1. The van der Waals surface area contributed by atoms with E-state index in [0.717, 1.165) is 0 Å². The van der Waals surface area contributed by atoms with Crippen LogP contribution in [0.4, 0.5) is 5.69 Å². The first-order chi connectivity index (χ1) is 15.4. The normalized spacial score (nSPS) is 12.5. The highest BCUT2D eigenvalue weighted by atomic mass is 16.5. The third kappa shape index (κ3) is 7.28. The Morgan fingerprint density at radius 3 is 1.79 bits per heavy atom. The number of rotatable bonds is 10. The highest BCUT2D eigenvalue weighted by molar-refractivity contribution is 6.02. The molecule has 0 fully saturated rings. The van der Waals surface area contributed by atoms with E-state index in [1.54, 1.807) is 60.7 Å². The number of benzene rings is 1. The number of aliphatic hydroxyl groups is 1. The molecule has 9 nitrogen and oxygen atoms in total. The van der Waals surface area contributed by atoms with E-state index in [4.69, 9.17) is 4.74 Å². The lowest BCUT2D eigenvalue weighted by molar-refractivity contribution is -0.158. The first-order valence-corrected chi connectivity index (χ1v) is 11.1. The number of carbonyl (C=O) groups is 4. The molecule has 0 saturated carbocycles. The highest BCUT2D eigenvalue weighted by Gasteiger charge is 2.41. The van der Waals surface area contributed by atoms with E-state index in [1.165, 1.54) is 18.7 Å². The van der Waals surface area contributed by atoms with Crippen molar-refractivity contribution in [2.75, 3.05) is 25.2 Å². The minimum absolute atomic E-state index is 0.265. The summed E-state index contributed by atoms with van der Waals surface area (Å²) in [6, 6.07) is 9.06. The quantitative estimate of drug-likeness (QED) is 0.443. The molecule has 3 amide bonds. The van der Waals surface area contributed by atoms with Crippen molar-refractivity contribution in [3.63, 3.8) is 0 Å². The zero-order chi connectivity index (χ0) is 26.5. The smallest absolute Gasteiger partial charge is 0.331 e. The summed E-state index contributed by atoms with van der Waals surface area (Å²) >= 11 is 0. The molecule has 0 saturated heterocycles. The predicted octanol–water partition coefficient (Wildman–Crippen LogP) is 2.03. The largest absolute Gasteiger partial charge is 0.463 e. The number of para-hydroxylation sites is 1. The number of hydrogen-bond acceptors (Lipinski definition) is 6. The number of ether oxygens (including phenoxy) is 1. The standard InChI is InChI=1S/C25H39N3O6/c1-22(2,15-29)18(30)27-25(7,8)21(33)34-16-23(3,4)19(31)26-24(5,6)20(32)28(9)17-13-11-10-12-14-17/h10-14,29H,15-16H2,1-9H3,(H,26,31)(H,27,30). The van der Waals surface area contributed by atoms with Gasteiger partial charge in [0, 0.05) is 12.7 Å². The summed E-state index contributed by atoms with van der Waals surface area (Å²) in [6.45, 7) is 11.8. The van der Waals surface area contributed by atoms with E-state index >= 15 is 0 Å². The van der Waals surface area contributed by atoms with E-state index in [-0.39, 0.29) is 19.1 Å². The molecule has 0 aliphatic carbocycles. The van der Waals surface area contributed by atoms with Crippen molar-refractivity contribution in [3.8, 4) is 0 Å². The summed E-state index contributed by atoms with van der Waals surface area (Å²) in [4.78, 5) is 52.4. The van der Waals surface area contributed by atoms with E-state index < -0.39 is 39.7 Å². The molecule has 0 bridgehead atoms. The Morgan fingerprint density at radius 2 is 1.29 bits per heavy atom. The summed E-state index contributed by atoms with van der Waals surface area (Å²) in [7, 11) is 1.63. The van der Waals surface area contributed by atoms with Gasteiger partial charge in [0.05, 0.1) is 17.4 Å². The molecule has 0 spiro atoms. The molecular formula is C25H39N3O6. The van der Waals surface area contributed by atoms with Crippen LogP contribution in [0.5, 0.6) is 0 Å². The van der Waals surface area contributed by atoms with Gasteiger partial charge in [-0.2, -0.15) is 0 Å². The minimum atomic E-state index is -1.37. The molecule has 0 aromatic heterocycles. The fourth-order valence-corrected chi connectivity index (χ4v) is 2.76. The van der Waals surface area contributed by atoms with Gasteiger partial charge in [0.15, 0.2) is 0 Å². The van der Waals surface area contributed by atoms with E-state index in [0.29, 0.717) is 5.69 Å². The van der Waals surface area contributed by atoms with Gasteiger partial charge in [-0.25, -0.2) is 4.79 Å². The lowest BCUT2D eigenvalue weighted by Gasteiger charge is -2.34. The molecule has 3 N–H and O–H groups in total. The van der Waals surface area contributed by atoms with Crippen LogP contribution in [-0.4, -0.2) is 60.1 Å². The third-order valence-electron chi connectivity index (χ3n) is 5.53. The SMILES string of the molecule is CN(C(=O)C(C)(C)NC(=O)C(C)(C)COC(=O)C(C)(C)NC(=O)C(C)(C)CO)c1ccccc1. The molecule has 0 atom stereocenters. The number of nitrogens with one attached hydrogen (secondary N) is 2. The maximum Gasteiger partial charge on any atom is 0.331 e. The molecule has 0 aliphatic heterocycles. The summed E-state index contributed by atoms with van der Waals surface area (Å²) in [5.41, 5.74) is -4.11. The van der Waals surface area contributed by atoms with Crippen molar-refractivity contribution < 1.29 is 29.0 Å². The zero-order valence-electron chi connectivity index (χ0n) is 21.7. The summed E-state index contributed by atoms with van der Waals surface area (Å²) in [5, 5.41) is 14.7. The molecule has 190 valence electrons. The molecule has 0 heterocycles. The Morgan fingerprint density at radius 1 is 0.824 bits per heavy atom. The Bertz CT molecular complexity index is 906. The van der Waals surface area contributed by atoms with Crippen LogP contribution in [0.3, 0.4) is 0 Å². The van der Waals surface area contributed by atoms with Crippen LogP contribution < -0.4 is 15.5 Å². The Kier molecular flexibility index (Phi) is 9.02. The maximum absolute atomic E-state index is 13.0. The lowest BCUT2D eigenvalue weighted by Crippen LogP contribution is -2.59. The van der Waals surface area contributed by atoms with E-state index in [9.17, 15) is 24.3 Å². The van der Waals surface area contributed by atoms with E-state index in [2.05, 4.69) is 10.6 Å². The Balaban J connectivity index is 2.80. The first kappa shape index (κ1) is 29.1. The maximum atomic E-state index is 13.0. The Hall–Kier alpha value is -2.94. The van der Waals surface area contributed by atoms with Crippen molar-refractivity contribution in [3.05, 3.63) is 30.3 Å². The van der Waals surface area contributed by atoms with Crippen molar-refractivity contribution in [2.24, 2.45) is 10.8 Å².